The molecule has 0 bridgehead atoms. The van der Waals surface area contributed by atoms with Crippen molar-refractivity contribution in [1.82, 2.24) is 14.5 Å². The third-order valence-electron chi connectivity index (χ3n) is 5.72. The molecule has 2 heterocycles. The average molecular weight is 432 g/mol. The van der Waals surface area contributed by atoms with Gasteiger partial charge in [-0.2, -0.15) is 0 Å². The summed E-state index contributed by atoms with van der Waals surface area (Å²) in [5.41, 5.74) is 5.61. The molecule has 1 amide bonds. The van der Waals surface area contributed by atoms with Crippen molar-refractivity contribution in [1.29, 1.82) is 0 Å². The number of hydrogen-bond donors (Lipinski definition) is 0. The van der Waals surface area contributed by atoms with Crippen molar-refractivity contribution in [3.63, 3.8) is 0 Å². The standard InChI is InChI=1S/C22H23Cl2N3O2/c1-13-4-7-18-21(14(13)2)25-19(26(18)3)12-16-17(23)6-5-15(20(16)24)22(28)27-8-10-29-11-9-27/h4-7H,8-12H2,1-3H3. The lowest BCUT2D eigenvalue weighted by atomic mass is 10.1. The predicted molar refractivity (Wildman–Crippen MR) is 116 cm³/mol. The third kappa shape index (κ3) is 3.63. The Labute approximate surface area is 180 Å². The number of carbonyl (C=O) groups is 1. The Bertz CT molecular complexity index is 1100. The lowest BCUT2D eigenvalue weighted by Crippen LogP contribution is -2.40. The number of benzene rings is 2. The van der Waals surface area contributed by atoms with E-state index in [2.05, 4.69) is 30.5 Å². The Morgan fingerprint density at radius 3 is 2.59 bits per heavy atom. The molecule has 152 valence electrons. The SMILES string of the molecule is Cc1ccc2c(nc(Cc3c(Cl)ccc(C(=O)N4CCOCC4)c3Cl)n2C)c1C. The van der Waals surface area contributed by atoms with Crippen LogP contribution in [0.5, 0.6) is 0 Å². The predicted octanol–water partition coefficient (Wildman–Crippen LogP) is 4.56. The number of hydrogen-bond acceptors (Lipinski definition) is 3. The molecule has 1 aromatic heterocycles. The summed E-state index contributed by atoms with van der Waals surface area (Å²) >= 11 is 13.2. The highest BCUT2D eigenvalue weighted by molar-refractivity contribution is 6.38. The van der Waals surface area contributed by atoms with Gasteiger partial charge in [0.25, 0.3) is 5.91 Å². The number of fused-ring (bicyclic) bond motifs is 1. The van der Waals surface area contributed by atoms with Crippen molar-refractivity contribution in [2.24, 2.45) is 7.05 Å². The van der Waals surface area contributed by atoms with Crippen LogP contribution in [0, 0.1) is 13.8 Å². The summed E-state index contributed by atoms with van der Waals surface area (Å²) in [5, 5.41) is 0.933. The van der Waals surface area contributed by atoms with Gasteiger partial charge in [0.15, 0.2) is 0 Å². The Morgan fingerprint density at radius 2 is 1.86 bits per heavy atom. The minimum Gasteiger partial charge on any atom is -0.378 e. The van der Waals surface area contributed by atoms with Crippen LogP contribution in [0.2, 0.25) is 10.0 Å². The van der Waals surface area contributed by atoms with Crippen LogP contribution in [0.1, 0.15) is 32.9 Å². The maximum absolute atomic E-state index is 12.9. The lowest BCUT2D eigenvalue weighted by Gasteiger charge is -2.27. The van der Waals surface area contributed by atoms with Crippen LogP contribution in [-0.2, 0) is 18.2 Å². The molecule has 0 aliphatic carbocycles. The molecule has 2 aromatic carbocycles. The highest BCUT2D eigenvalue weighted by Crippen LogP contribution is 2.32. The van der Waals surface area contributed by atoms with Gasteiger partial charge >= 0.3 is 0 Å². The number of nitrogens with zero attached hydrogens (tertiary/aromatic N) is 3. The number of imidazole rings is 1. The lowest BCUT2D eigenvalue weighted by molar-refractivity contribution is 0.0303. The van der Waals surface area contributed by atoms with E-state index in [1.165, 1.54) is 5.56 Å². The van der Waals surface area contributed by atoms with Gasteiger partial charge in [-0.15, -0.1) is 0 Å². The van der Waals surface area contributed by atoms with Gasteiger partial charge in [-0.1, -0.05) is 29.3 Å². The van der Waals surface area contributed by atoms with Gasteiger partial charge < -0.3 is 14.2 Å². The van der Waals surface area contributed by atoms with E-state index >= 15 is 0 Å². The molecule has 0 unspecified atom stereocenters. The molecule has 1 saturated heterocycles. The van der Waals surface area contributed by atoms with E-state index in [1.807, 2.05) is 7.05 Å². The van der Waals surface area contributed by atoms with Crippen LogP contribution in [0.15, 0.2) is 24.3 Å². The van der Waals surface area contributed by atoms with Gasteiger partial charge in [0.1, 0.15) is 5.82 Å². The normalized spacial score (nSPS) is 14.6. The van der Waals surface area contributed by atoms with Gasteiger partial charge in [-0.05, 0) is 48.7 Å². The molecule has 0 atom stereocenters. The van der Waals surface area contributed by atoms with E-state index in [-0.39, 0.29) is 5.91 Å². The van der Waals surface area contributed by atoms with E-state index in [0.717, 1.165) is 28.0 Å². The summed E-state index contributed by atoms with van der Waals surface area (Å²) in [6, 6.07) is 7.63. The zero-order chi connectivity index (χ0) is 20.7. The second kappa shape index (κ2) is 7.98. The van der Waals surface area contributed by atoms with Gasteiger partial charge in [-0.3, -0.25) is 4.79 Å². The summed E-state index contributed by atoms with van der Waals surface area (Å²) in [4.78, 5) is 19.6. The first-order valence-electron chi connectivity index (χ1n) is 9.64. The van der Waals surface area contributed by atoms with E-state index in [9.17, 15) is 4.79 Å². The number of ether oxygens (including phenoxy) is 1. The molecule has 0 N–H and O–H groups in total. The third-order valence-corrected chi connectivity index (χ3v) is 6.51. The highest BCUT2D eigenvalue weighted by Gasteiger charge is 2.24. The van der Waals surface area contributed by atoms with Gasteiger partial charge in [0.2, 0.25) is 0 Å². The van der Waals surface area contributed by atoms with Crippen molar-refractivity contribution in [2.45, 2.75) is 20.3 Å². The second-order valence-electron chi connectivity index (χ2n) is 7.43. The smallest absolute Gasteiger partial charge is 0.255 e. The van der Waals surface area contributed by atoms with Crippen LogP contribution < -0.4 is 0 Å². The Kier molecular flexibility index (Phi) is 5.56. The molecule has 1 fully saturated rings. The number of carbonyl (C=O) groups excluding carboxylic acids is 1. The van der Waals surface area contributed by atoms with Gasteiger partial charge in [-0.25, -0.2) is 4.98 Å². The fraction of sp³-hybridized carbons (Fsp3) is 0.364. The van der Waals surface area contributed by atoms with Crippen LogP contribution in [0.4, 0.5) is 0 Å². The Balaban J connectivity index is 1.72. The van der Waals surface area contributed by atoms with Crippen molar-refractivity contribution in [3.05, 3.63) is 62.4 Å². The monoisotopic (exact) mass is 431 g/mol. The van der Waals surface area contributed by atoms with Crippen LogP contribution in [0.25, 0.3) is 11.0 Å². The Hall–Kier alpha value is -2.08. The maximum atomic E-state index is 12.9. The molecule has 0 radical (unpaired) electrons. The molecule has 29 heavy (non-hydrogen) atoms. The molecule has 7 heteroatoms. The number of morpholine rings is 1. The number of halogens is 2. The summed E-state index contributed by atoms with van der Waals surface area (Å²) in [5.74, 6) is 0.765. The molecule has 3 aromatic rings. The fourth-order valence-electron chi connectivity index (χ4n) is 3.72. The topological polar surface area (TPSA) is 47.4 Å². The second-order valence-corrected chi connectivity index (χ2v) is 8.22. The summed E-state index contributed by atoms with van der Waals surface area (Å²) < 4.78 is 7.40. The Morgan fingerprint density at radius 1 is 1.14 bits per heavy atom. The number of rotatable bonds is 3. The minimum atomic E-state index is -0.0901. The highest BCUT2D eigenvalue weighted by atomic mass is 35.5. The van der Waals surface area contributed by atoms with Crippen LogP contribution >= 0.6 is 23.2 Å². The van der Waals surface area contributed by atoms with Gasteiger partial charge in [0.05, 0.1) is 34.8 Å². The first-order chi connectivity index (χ1) is 13.9. The summed E-state index contributed by atoms with van der Waals surface area (Å²) in [6.07, 6.45) is 0.450. The largest absolute Gasteiger partial charge is 0.378 e. The first kappa shape index (κ1) is 20.2. The van der Waals surface area contributed by atoms with E-state index in [0.29, 0.717) is 48.3 Å². The molecule has 5 nitrogen and oxygen atoms in total. The maximum Gasteiger partial charge on any atom is 0.255 e. The molecule has 1 aliphatic heterocycles. The fourth-order valence-corrected chi connectivity index (χ4v) is 4.30. The molecule has 1 aliphatic rings. The average Bonchev–Trinajstić information content (AvgIpc) is 3.04. The molecular formula is C22H23Cl2N3O2. The van der Waals surface area contributed by atoms with Crippen LogP contribution in [0.3, 0.4) is 0 Å². The van der Waals surface area contributed by atoms with E-state index in [4.69, 9.17) is 32.9 Å². The van der Waals surface area contributed by atoms with Crippen LogP contribution in [-0.4, -0.2) is 46.7 Å². The molecule has 4 rings (SSSR count). The summed E-state index contributed by atoms with van der Waals surface area (Å²) in [6.45, 7) is 6.38. The zero-order valence-corrected chi connectivity index (χ0v) is 18.3. The van der Waals surface area contributed by atoms with Crippen molar-refractivity contribution in [3.8, 4) is 0 Å². The van der Waals surface area contributed by atoms with Crippen molar-refractivity contribution < 1.29 is 9.53 Å². The molecule has 0 spiro atoms. The number of amides is 1. The number of aryl methyl sites for hydroxylation is 3. The quantitative estimate of drug-likeness (QED) is 0.610. The van der Waals surface area contributed by atoms with Crippen molar-refractivity contribution in [2.75, 3.05) is 26.3 Å². The minimum absolute atomic E-state index is 0.0901. The van der Waals surface area contributed by atoms with Gasteiger partial charge in [0, 0.05) is 31.6 Å². The number of aromatic nitrogens is 2. The van der Waals surface area contributed by atoms with Crippen molar-refractivity contribution >= 4 is 40.1 Å². The zero-order valence-electron chi connectivity index (χ0n) is 16.8. The van der Waals surface area contributed by atoms with E-state index in [1.54, 1.807) is 17.0 Å². The molecular weight excluding hydrogens is 409 g/mol. The van der Waals surface area contributed by atoms with E-state index < -0.39 is 0 Å². The first-order valence-corrected chi connectivity index (χ1v) is 10.4. The molecule has 0 saturated carbocycles. The summed E-state index contributed by atoms with van der Waals surface area (Å²) in [7, 11) is 1.99.